The zero-order chi connectivity index (χ0) is 11.0. The lowest BCUT2D eigenvalue weighted by atomic mass is 10.1. The lowest BCUT2D eigenvalue weighted by Crippen LogP contribution is -1.88. The SMILES string of the molecule is COc1cc2nc(Cl)c(C)cc2cc1Cl. The Morgan fingerprint density at radius 2 is 1.93 bits per heavy atom. The molecule has 0 radical (unpaired) electrons. The second-order valence-corrected chi connectivity index (χ2v) is 4.04. The van der Waals surface area contributed by atoms with Crippen LogP contribution in [0.5, 0.6) is 5.75 Å². The minimum absolute atomic E-state index is 0.506. The van der Waals surface area contributed by atoms with E-state index < -0.39 is 0 Å². The molecule has 1 heterocycles. The molecule has 0 aliphatic heterocycles. The number of halogens is 2. The molecule has 0 amide bonds. The third-order valence-corrected chi connectivity index (χ3v) is 2.90. The van der Waals surface area contributed by atoms with Crippen LogP contribution in [0.25, 0.3) is 10.9 Å². The maximum Gasteiger partial charge on any atom is 0.139 e. The summed E-state index contributed by atoms with van der Waals surface area (Å²) in [6.45, 7) is 1.91. The predicted molar refractivity (Wildman–Crippen MR) is 63.1 cm³/mol. The Labute approximate surface area is 97.8 Å². The number of rotatable bonds is 1. The number of nitrogens with zero attached hydrogens (tertiary/aromatic N) is 1. The number of fused-ring (bicyclic) bond motifs is 1. The fourth-order valence-corrected chi connectivity index (χ4v) is 1.81. The zero-order valence-corrected chi connectivity index (χ0v) is 9.86. The van der Waals surface area contributed by atoms with Crippen molar-refractivity contribution in [1.82, 2.24) is 4.98 Å². The summed E-state index contributed by atoms with van der Waals surface area (Å²) in [5, 5.41) is 2.04. The Balaban J connectivity index is 2.76. The number of ether oxygens (including phenoxy) is 1. The van der Waals surface area contributed by atoms with Crippen LogP contribution in [-0.4, -0.2) is 12.1 Å². The summed E-state index contributed by atoms with van der Waals surface area (Å²) in [4.78, 5) is 4.25. The summed E-state index contributed by atoms with van der Waals surface area (Å²) in [7, 11) is 1.57. The van der Waals surface area contributed by atoms with E-state index in [9.17, 15) is 0 Å². The Morgan fingerprint density at radius 1 is 1.20 bits per heavy atom. The highest BCUT2D eigenvalue weighted by Gasteiger charge is 2.06. The molecule has 0 aliphatic rings. The fourth-order valence-electron chi connectivity index (χ4n) is 1.41. The summed E-state index contributed by atoms with van der Waals surface area (Å²) in [6, 6.07) is 5.56. The number of hydrogen-bond donors (Lipinski definition) is 0. The third-order valence-electron chi connectivity index (χ3n) is 2.22. The van der Waals surface area contributed by atoms with Gasteiger partial charge in [-0.15, -0.1) is 0 Å². The molecule has 78 valence electrons. The maximum atomic E-state index is 6.01. The van der Waals surface area contributed by atoms with E-state index in [1.807, 2.05) is 19.1 Å². The minimum Gasteiger partial charge on any atom is -0.495 e. The van der Waals surface area contributed by atoms with Crippen LogP contribution >= 0.6 is 23.2 Å². The maximum absolute atomic E-state index is 6.01. The van der Waals surface area contributed by atoms with Crippen molar-refractivity contribution in [1.29, 1.82) is 0 Å². The molecule has 0 unspecified atom stereocenters. The van der Waals surface area contributed by atoms with E-state index in [2.05, 4.69) is 4.98 Å². The molecule has 1 aromatic carbocycles. The first-order valence-electron chi connectivity index (χ1n) is 4.42. The Morgan fingerprint density at radius 3 is 2.60 bits per heavy atom. The number of benzene rings is 1. The second kappa shape index (κ2) is 3.87. The van der Waals surface area contributed by atoms with Crippen molar-refractivity contribution in [2.75, 3.05) is 7.11 Å². The number of pyridine rings is 1. The van der Waals surface area contributed by atoms with Gasteiger partial charge in [-0.05, 0) is 24.6 Å². The van der Waals surface area contributed by atoms with Crippen molar-refractivity contribution < 1.29 is 4.74 Å². The van der Waals surface area contributed by atoms with E-state index in [-0.39, 0.29) is 0 Å². The first-order valence-corrected chi connectivity index (χ1v) is 5.18. The standard InChI is InChI=1S/C11H9Cl2NO/c1-6-3-7-4-8(12)10(15-2)5-9(7)14-11(6)13/h3-5H,1-2H3. The number of hydrogen-bond acceptors (Lipinski definition) is 2. The van der Waals surface area contributed by atoms with Crippen LogP contribution in [0, 0.1) is 6.92 Å². The molecule has 0 bridgehead atoms. The lowest BCUT2D eigenvalue weighted by molar-refractivity contribution is 0.415. The quantitative estimate of drug-likeness (QED) is 0.708. The second-order valence-electron chi connectivity index (χ2n) is 3.28. The summed E-state index contributed by atoms with van der Waals surface area (Å²) in [5.74, 6) is 0.608. The molecule has 0 saturated carbocycles. The highest BCUT2D eigenvalue weighted by molar-refractivity contribution is 6.33. The van der Waals surface area contributed by atoms with E-state index in [0.29, 0.717) is 15.9 Å². The van der Waals surface area contributed by atoms with Gasteiger partial charge >= 0.3 is 0 Å². The van der Waals surface area contributed by atoms with Crippen molar-refractivity contribution in [3.63, 3.8) is 0 Å². The average Bonchev–Trinajstić information content (AvgIpc) is 2.20. The van der Waals surface area contributed by atoms with Crippen LogP contribution in [0.1, 0.15) is 5.56 Å². The smallest absolute Gasteiger partial charge is 0.139 e. The monoisotopic (exact) mass is 241 g/mol. The molecular weight excluding hydrogens is 233 g/mol. The zero-order valence-electron chi connectivity index (χ0n) is 8.34. The van der Waals surface area contributed by atoms with Crippen molar-refractivity contribution in [3.8, 4) is 5.75 Å². The van der Waals surface area contributed by atoms with Crippen LogP contribution in [0.15, 0.2) is 18.2 Å². The molecule has 0 aliphatic carbocycles. The van der Waals surface area contributed by atoms with Gasteiger partial charge in [-0.25, -0.2) is 4.98 Å². The van der Waals surface area contributed by atoms with E-state index in [1.165, 1.54) is 0 Å². The van der Waals surface area contributed by atoms with Crippen molar-refractivity contribution in [3.05, 3.63) is 33.9 Å². The Bertz CT molecular complexity index is 525. The molecular formula is C11H9Cl2NO. The molecule has 0 N–H and O–H groups in total. The highest BCUT2D eigenvalue weighted by Crippen LogP contribution is 2.30. The van der Waals surface area contributed by atoms with Crippen LogP contribution in [-0.2, 0) is 0 Å². The van der Waals surface area contributed by atoms with Gasteiger partial charge < -0.3 is 4.74 Å². The topological polar surface area (TPSA) is 22.1 Å². The molecule has 0 spiro atoms. The van der Waals surface area contributed by atoms with Gasteiger partial charge in [0.15, 0.2) is 0 Å². The first-order chi connectivity index (χ1) is 7.11. The molecule has 0 atom stereocenters. The third kappa shape index (κ3) is 1.87. The number of aromatic nitrogens is 1. The fraction of sp³-hybridized carbons (Fsp3) is 0.182. The van der Waals surface area contributed by atoms with Crippen molar-refractivity contribution in [2.24, 2.45) is 0 Å². The Kier molecular flexibility index (Phi) is 2.72. The molecule has 0 fully saturated rings. The van der Waals surface area contributed by atoms with E-state index in [1.54, 1.807) is 13.2 Å². The summed E-state index contributed by atoms with van der Waals surface area (Å²) in [5.41, 5.74) is 1.72. The van der Waals surface area contributed by atoms with Crippen LogP contribution < -0.4 is 4.74 Å². The summed E-state index contributed by atoms with van der Waals surface area (Å²) in [6.07, 6.45) is 0. The normalized spacial score (nSPS) is 10.7. The van der Waals surface area contributed by atoms with Gasteiger partial charge in [0.05, 0.1) is 17.6 Å². The molecule has 15 heavy (non-hydrogen) atoms. The summed E-state index contributed by atoms with van der Waals surface area (Å²) < 4.78 is 5.11. The molecule has 0 saturated heterocycles. The molecule has 2 aromatic rings. The molecule has 2 nitrogen and oxygen atoms in total. The van der Waals surface area contributed by atoms with E-state index >= 15 is 0 Å². The van der Waals surface area contributed by atoms with Gasteiger partial charge in [-0.2, -0.15) is 0 Å². The van der Waals surface area contributed by atoms with Crippen molar-refractivity contribution >= 4 is 34.1 Å². The van der Waals surface area contributed by atoms with Gasteiger partial charge in [-0.3, -0.25) is 0 Å². The van der Waals surface area contributed by atoms with E-state index in [4.69, 9.17) is 27.9 Å². The largest absolute Gasteiger partial charge is 0.495 e. The minimum atomic E-state index is 0.506. The number of methoxy groups -OCH3 is 1. The lowest BCUT2D eigenvalue weighted by Gasteiger charge is -2.06. The van der Waals surface area contributed by atoms with Crippen LogP contribution in [0.4, 0.5) is 0 Å². The van der Waals surface area contributed by atoms with Crippen LogP contribution in [0.2, 0.25) is 10.2 Å². The average molecular weight is 242 g/mol. The van der Waals surface area contributed by atoms with Gasteiger partial charge in [0.1, 0.15) is 10.9 Å². The predicted octanol–water partition coefficient (Wildman–Crippen LogP) is 3.86. The highest BCUT2D eigenvalue weighted by atomic mass is 35.5. The van der Waals surface area contributed by atoms with Gasteiger partial charge in [0, 0.05) is 11.5 Å². The van der Waals surface area contributed by atoms with Gasteiger partial charge in [0.25, 0.3) is 0 Å². The van der Waals surface area contributed by atoms with Gasteiger partial charge in [-0.1, -0.05) is 23.2 Å². The summed E-state index contributed by atoms with van der Waals surface area (Å²) >= 11 is 11.9. The van der Waals surface area contributed by atoms with Crippen LogP contribution in [0.3, 0.4) is 0 Å². The first kappa shape index (κ1) is 10.5. The van der Waals surface area contributed by atoms with Gasteiger partial charge in [0.2, 0.25) is 0 Å². The van der Waals surface area contributed by atoms with E-state index in [0.717, 1.165) is 16.5 Å². The van der Waals surface area contributed by atoms with Crippen molar-refractivity contribution in [2.45, 2.75) is 6.92 Å². The number of aryl methyl sites for hydroxylation is 1. The molecule has 2 rings (SSSR count). The Hall–Kier alpha value is -0.990. The molecule has 1 aromatic heterocycles. The molecule has 4 heteroatoms.